The van der Waals surface area contributed by atoms with Crippen LogP contribution in [0.15, 0.2) is 34.9 Å². The lowest BCUT2D eigenvalue weighted by Gasteiger charge is -2.08. The van der Waals surface area contributed by atoms with E-state index in [9.17, 15) is 10.1 Å². The Morgan fingerprint density at radius 2 is 2.16 bits per heavy atom. The maximum atomic E-state index is 10.9. The highest BCUT2D eigenvalue weighted by molar-refractivity contribution is 9.10. The van der Waals surface area contributed by atoms with Crippen LogP contribution in [0, 0.1) is 17.0 Å². The highest BCUT2D eigenvalue weighted by Gasteiger charge is 2.18. The lowest BCUT2D eigenvalue weighted by molar-refractivity contribution is -0.385. The van der Waals surface area contributed by atoms with Gasteiger partial charge in [0.25, 0.3) is 0 Å². The lowest BCUT2D eigenvalue weighted by Crippen LogP contribution is -1.96. The molecule has 2 rings (SSSR count). The van der Waals surface area contributed by atoms with Crippen molar-refractivity contribution >= 4 is 33.2 Å². The minimum Gasteiger partial charge on any atom is -0.431 e. The molecule has 0 bridgehead atoms. The first-order chi connectivity index (χ1) is 8.99. The fourth-order valence-electron chi connectivity index (χ4n) is 1.41. The van der Waals surface area contributed by atoms with E-state index in [4.69, 9.17) is 16.3 Å². The molecular formula is C12H8BrClN2O3. The summed E-state index contributed by atoms with van der Waals surface area (Å²) in [6.07, 6.45) is 1.56. The molecule has 0 aliphatic heterocycles. The predicted octanol–water partition coefficient (Wildman–Crippen LogP) is 4.51. The molecule has 1 aromatic carbocycles. The fraction of sp³-hybridized carbons (Fsp3) is 0.0833. The van der Waals surface area contributed by atoms with Gasteiger partial charge in [-0.05, 0) is 40.5 Å². The highest BCUT2D eigenvalue weighted by Crippen LogP contribution is 2.36. The van der Waals surface area contributed by atoms with Crippen molar-refractivity contribution in [2.75, 3.05) is 0 Å². The molecule has 0 fully saturated rings. The SMILES string of the molecule is Cc1ccnc(Oc2cc(Cl)ccc2[N+](=O)[O-])c1Br. The molecule has 1 heterocycles. The van der Waals surface area contributed by atoms with Crippen LogP contribution >= 0.6 is 27.5 Å². The molecule has 19 heavy (non-hydrogen) atoms. The number of aromatic nitrogens is 1. The van der Waals surface area contributed by atoms with E-state index in [0.717, 1.165) is 5.56 Å². The number of aryl methyl sites for hydroxylation is 1. The van der Waals surface area contributed by atoms with Gasteiger partial charge in [-0.3, -0.25) is 10.1 Å². The molecule has 0 N–H and O–H groups in total. The van der Waals surface area contributed by atoms with Crippen LogP contribution in [0.4, 0.5) is 5.69 Å². The van der Waals surface area contributed by atoms with Crippen LogP contribution in [0.25, 0.3) is 0 Å². The molecule has 0 amide bonds. The second-order valence-electron chi connectivity index (χ2n) is 3.72. The summed E-state index contributed by atoms with van der Waals surface area (Å²) in [5, 5.41) is 11.3. The summed E-state index contributed by atoms with van der Waals surface area (Å²) in [4.78, 5) is 14.4. The van der Waals surface area contributed by atoms with Crippen LogP contribution in [0.5, 0.6) is 11.6 Å². The molecule has 0 spiro atoms. The van der Waals surface area contributed by atoms with E-state index in [2.05, 4.69) is 20.9 Å². The summed E-state index contributed by atoms with van der Waals surface area (Å²) in [7, 11) is 0. The van der Waals surface area contributed by atoms with Gasteiger partial charge in [0.2, 0.25) is 11.6 Å². The number of ether oxygens (including phenoxy) is 1. The van der Waals surface area contributed by atoms with Crippen LogP contribution in [0.3, 0.4) is 0 Å². The summed E-state index contributed by atoms with van der Waals surface area (Å²) in [5.74, 6) is 0.307. The Kier molecular flexibility index (Phi) is 4.01. The van der Waals surface area contributed by atoms with E-state index in [1.807, 2.05) is 6.92 Å². The Hall–Kier alpha value is -1.66. The van der Waals surface area contributed by atoms with Gasteiger partial charge in [0.15, 0.2) is 0 Å². The zero-order chi connectivity index (χ0) is 14.0. The van der Waals surface area contributed by atoms with E-state index in [-0.39, 0.29) is 17.3 Å². The van der Waals surface area contributed by atoms with Crippen molar-refractivity contribution < 1.29 is 9.66 Å². The number of halogens is 2. The minimum absolute atomic E-state index is 0.0521. The third kappa shape index (κ3) is 3.02. The largest absolute Gasteiger partial charge is 0.431 e. The van der Waals surface area contributed by atoms with Crippen LogP contribution < -0.4 is 4.74 Å². The van der Waals surface area contributed by atoms with Crippen molar-refractivity contribution in [3.63, 3.8) is 0 Å². The number of hydrogen-bond donors (Lipinski definition) is 0. The molecule has 1 aromatic heterocycles. The smallest absolute Gasteiger partial charge is 0.311 e. The van der Waals surface area contributed by atoms with Gasteiger partial charge in [0.1, 0.15) is 0 Å². The molecule has 0 saturated heterocycles. The number of nitro groups is 1. The summed E-state index contributed by atoms with van der Waals surface area (Å²) >= 11 is 9.15. The number of nitro benzene ring substituents is 1. The minimum atomic E-state index is -0.532. The van der Waals surface area contributed by atoms with E-state index < -0.39 is 4.92 Å². The molecule has 0 unspecified atom stereocenters. The number of benzene rings is 1. The van der Waals surface area contributed by atoms with Gasteiger partial charge in [-0.1, -0.05) is 11.6 Å². The number of hydrogen-bond acceptors (Lipinski definition) is 4. The maximum Gasteiger partial charge on any atom is 0.311 e. The Bertz CT molecular complexity index is 649. The van der Waals surface area contributed by atoms with Gasteiger partial charge in [-0.15, -0.1) is 0 Å². The second kappa shape index (κ2) is 5.54. The maximum absolute atomic E-state index is 10.9. The summed E-state index contributed by atoms with van der Waals surface area (Å²) in [5.41, 5.74) is 0.745. The van der Waals surface area contributed by atoms with E-state index >= 15 is 0 Å². The Morgan fingerprint density at radius 3 is 2.84 bits per heavy atom. The molecule has 0 aliphatic carbocycles. The van der Waals surface area contributed by atoms with Crippen LogP contribution in [-0.4, -0.2) is 9.91 Å². The van der Waals surface area contributed by atoms with Crippen molar-refractivity contribution in [3.8, 4) is 11.6 Å². The highest BCUT2D eigenvalue weighted by atomic mass is 79.9. The molecule has 98 valence electrons. The second-order valence-corrected chi connectivity index (χ2v) is 4.95. The topological polar surface area (TPSA) is 65.3 Å². The first-order valence-electron chi connectivity index (χ1n) is 5.22. The van der Waals surface area contributed by atoms with Crippen LogP contribution in [0.1, 0.15) is 5.56 Å². The standard InChI is InChI=1S/C12H8BrClN2O3/c1-7-4-5-15-12(11(7)13)19-10-6-8(14)2-3-9(10)16(17)18/h2-6H,1H3. The molecular weight excluding hydrogens is 335 g/mol. The van der Waals surface area contributed by atoms with Crippen molar-refractivity contribution in [2.45, 2.75) is 6.92 Å². The van der Waals surface area contributed by atoms with Gasteiger partial charge in [-0.2, -0.15) is 0 Å². The van der Waals surface area contributed by atoms with Gasteiger partial charge in [0, 0.05) is 23.4 Å². The number of pyridine rings is 1. The molecule has 0 radical (unpaired) electrons. The average Bonchev–Trinajstić information content (AvgIpc) is 2.35. The zero-order valence-electron chi connectivity index (χ0n) is 9.76. The number of rotatable bonds is 3. The summed E-state index contributed by atoms with van der Waals surface area (Å²) < 4.78 is 6.12. The summed E-state index contributed by atoms with van der Waals surface area (Å²) in [6.45, 7) is 1.87. The van der Waals surface area contributed by atoms with Crippen LogP contribution in [0.2, 0.25) is 5.02 Å². The molecule has 2 aromatic rings. The molecule has 0 saturated carbocycles. The Balaban J connectivity index is 2.45. The molecule has 7 heteroatoms. The predicted molar refractivity (Wildman–Crippen MR) is 74.9 cm³/mol. The monoisotopic (exact) mass is 342 g/mol. The zero-order valence-corrected chi connectivity index (χ0v) is 12.1. The number of nitrogens with zero attached hydrogens (tertiary/aromatic N) is 2. The Morgan fingerprint density at radius 1 is 1.42 bits per heavy atom. The van der Waals surface area contributed by atoms with E-state index in [0.29, 0.717) is 9.50 Å². The van der Waals surface area contributed by atoms with Gasteiger partial charge in [0.05, 0.1) is 9.40 Å². The van der Waals surface area contributed by atoms with Crippen molar-refractivity contribution in [1.82, 2.24) is 4.98 Å². The Labute approximate surface area is 122 Å². The van der Waals surface area contributed by atoms with Crippen molar-refractivity contribution in [3.05, 3.63) is 55.6 Å². The fourth-order valence-corrected chi connectivity index (χ4v) is 1.89. The van der Waals surface area contributed by atoms with Gasteiger partial charge < -0.3 is 4.74 Å². The first kappa shape index (κ1) is 13.8. The normalized spacial score (nSPS) is 10.3. The first-order valence-corrected chi connectivity index (χ1v) is 6.39. The third-order valence-electron chi connectivity index (χ3n) is 2.38. The van der Waals surface area contributed by atoms with E-state index in [1.165, 1.54) is 18.2 Å². The quantitative estimate of drug-likeness (QED) is 0.607. The molecule has 5 nitrogen and oxygen atoms in total. The lowest BCUT2D eigenvalue weighted by atomic mass is 10.3. The average molecular weight is 344 g/mol. The van der Waals surface area contributed by atoms with E-state index in [1.54, 1.807) is 12.3 Å². The van der Waals surface area contributed by atoms with Crippen molar-refractivity contribution in [1.29, 1.82) is 0 Å². The van der Waals surface area contributed by atoms with Gasteiger partial charge >= 0.3 is 5.69 Å². The van der Waals surface area contributed by atoms with Gasteiger partial charge in [-0.25, -0.2) is 4.98 Å². The third-order valence-corrected chi connectivity index (χ3v) is 3.58. The molecule has 0 atom stereocenters. The van der Waals surface area contributed by atoms with Crippen molar-refractivity contribution in [2.24, 2.45) is 0 Å². The van der Waals surface area contributed by atoms with Crippen LogP contribution in [-0.2, 0) is 0 Å². The summed E-state index contributed by atoms with van der Waals surface area (Å²) in [6, 6.07) is 5.91. The molecule has 0 aliphatic rings.